The average Bonchev–Trinajstić information content (AvgIpc) is 3.38. The van der Waals surface area contributed by atoms with Gasteiger partial charge in [-0.05, 0) is 51.4 Å². The lowest BCUT2D eigenvalue weighted by Gasteiger charge is -2.19. The fraction of sp³-hybridized carbons (Fsp3) is 0.841. The highest BCUT2D eigenvalue weighted by Gasteiger charge is 2.26. The van der Waals surface area contributed by atoms with E-state index in [1.807, 2.05) is 0 Å². The van der Waals surface area contributed by atoms with Crippen LogP contribution in [0.15, 0.2) is 48.6 Å². The van der Waals surface area contributed by atoms with Crippen molar-refractivity contribution in [1.82, 2.24) is 0 Å². The number of rotatable bonds is 59. The van der Waals surface area contributed by atoms with Gasteiger partial charge in [0, 0.05) is 19.4 Å². The highest BCUT2D eigenvalue weighted by atomic mass is 31.2. The number of phosphoric ester groups is 1. The van der Waals surface area contributed by atoms with Crippen molar-refractivity contribution in [3.63, 3.8) is 0 Å². The van der Waals surface area contributed by atoms with Gasteiger partial charge >= 0.3 is 19.8 Å². The van der Waals surface area contributed by atoms with E-state index in [-0.39, 0.29) is 38.6 Å². The number of unbranched alkanes of at least 4 members (excludes halogenated alkanes) is 38. The van der Waals surface area contributed by atoms with Crippen molar-refractivity contribution >= 4 is 19.8 Å². The molecule has 2 atom stereocenters. The quantitative estimate of drug-likeness (QED) is 0.0264. The number of allylic oxidation sites excluding steroid dienone is 8. The summed E-state index contributed by atoms with van der Waals surface area (Å²) < 4.78 is 33.1. The lowest BCUT2D eigenvalue weighted by atomic mass is 10.0. The maximum atomic E-state index is 12.7. The standard InChI is InChI=1S/C63H118NO8P/c1-3-5-7-9-11-13-15-17-19-21-23-24-25-26-27-28-29-30-31-32-33-34-35-36-38-40-42-44-46-48-50-52-54-56-63(66)72-61(60-71-73(67,68)70-58-57-64)59-69-62(65)55-53-51-49-47-45-43-41-39-37-22-20-18-16-14-12-10-8-6-4-2/h5,7,11,13,17,19,23-24,61H,3-4,6,8-10,12,14-16,18,20-22,25-60,64H2,1-2H3,(H,67,68)/b7-5-,13-11-,19-17-,24-23-. The van der Waals surface area contributed by atoms with Gasteiger partial charge in [0.1, 0.15) is 6.61 Å². The minimum atomic E-state index is -4.38. The van der Waals surface area contributed by atoms with Crippen LogP contribution in [0.2, 0.25) is 0 Å². The van der Waals surface area contributed by atoms with Crippen molar-refractivity contribution in [1.29, 1.82) is 0 Å². The van der Waals surface area contributed by atoms with E-state index in [4.69, 9.17) is 24.3 Å². The Morgan fingerprint density at radius 3 is 1.12 bits per heavy atom. The summed E-state index contributed by atoms with van der Waals surface area (Å²) in [5.41, 5.74) is 5.39. The summed E-state index contributed by atoms with van der Waals surface area (Å²) in [6.45, 7) is 3.69. The molecule has 0 heterocycles. The van der Waals surface area contributed by atoms with Crippen molar-refractivity contribution in [2.75, 3.05) is 26.4 Å². The largest absolute Gasteiger partial charge is 0.472 e. The maximum Gasteiger partial charge on any atom is 0.472 e. The van der Waals surface area contributed by atoms with Crippen LogP contribution >= 0.6 is 7.82 Å². The molecule has 9 nitrogen and oxygen atoms in total. The molecule has 0 aliphatic heterocycles. The Kier molecular flexibility index (Phi) is 57.6. The lowest BCUT2D eigenvalue weighted by Crippen LogP contribution is -2.29. The fourth-order valence-electron chi connectivity index (χ4n) is 9.16. The molecule has 0 aromatic carbocycles. The molecule has 0 aliphatic rings. The first-order valence-electron chi connectivity index (χ1n) is 31.1. The fourth-order valence-corrected chi connectivity index (χ4v) is 9.93. The van der Waals surface area contributed by atoms with Gasteiger partial charge in [-0.2, -0.15) is 0 Å². The van der Waals surface area contributed by atoms with Crippen LogP contribution in [-0.2, 0) is 32.7 Å². The van der Waals surface area contributed by atoms with Crippen LogP contribution in [0.5, 0.6) is 0 Å². The molecule has 0 saturated heterocycles. The second kappa shape index (κ2) is 59.2. The van der Waals surface area contributed by atoms with E-state index in [2.05, 4.69) is 62.5 Å². The Labute approximate surface area is 451 Å². The van der Waals surface area contributed by atoms with E-state index in [0.717, 1.165) is 57.8 Å². The molecule has 0 aromatic rings. The summed E-state index contributed by atoms with van der Waals surface area (Å²) in [4.78, 5) is 35.2. The second-order valence-electron chi connectivity index (χ2n) is 20.9. The molecule has 0 aromatic heterocycles. The Hall–Kier alpha value is -2.03. The minimum absolute atomic E-state index is 0.0557. The van der Waals surface area contributed by atoms with E-state index in [1.54, 1.807) is 0 Å². The number of ether oxygens (including phenoxy) is 2. The third-order valence-corrected chi connectivity index (χ3v) is 14.7. The molecule has 3 N–H and O–H groups in total. The van der Waals surface area contributed by atoms with Crippen molar-refractivity contribution in [2.45, 2.75) is 315 Å². The topological polar surface area (TPSA) is 134 Å². The Morgan fingerprint density at radius 2 is 0.753 bits per heavy atom. The van der Waals surface area contributed by atoms with Crippen molar-refractivity contribution in [2.24, 2.45) is 5.73 Å². The van der Waals surface area contributed by atoms with Gasteiger partial charge in [-0.25, -0.2) is 4.57 Å². The van der Waals surface area contributed by atoms with E-state index >= 15 is 0 Å². The first-order valence-corrected chi connectivity index (χ1v) is 32.6. The van der Waals surface area contributed by atoms with Crippen LogP contribution in [0.4, 0.5) is 0 Å². The molecule has 0 radical (unpaired) electrons. The third kappa shape index (κ3) is 59.1. The van der Waals surface area contributed by atoms with Crippen LogP contribution in [0.1, 0.15) is 309 Å². The number of hydrogen-bond donors (Lipinski definition) is 2. The van der Waals surface area contributed by atoms with Gasteiger partial charge in [0.15, 0.2) is 6.10 Å². The van der Waals surface area contributed by atoms with Gasteiger partial charge in [0.25, 0.3) is 0 Å². The molecule has 428 valence electrons. The highest BCUT2D eigenvalue weighted by Crippen LogP contribution is 2.43. The molecule has 0 bridgehead atoms. The first-order chi connectivity index (χ1) is 35.8. The molecule has 0 spiro atoms. The van der Waals surface area contributed by atoms with Crippen molar-refractivity contribution in [3.05, 3.63) is 48.6 Å². The van der Waals surface area contributed by atoms with Gasteiger partial charge in [0.2, 0.25) is 0 Å². The predicted octanol–water partition coefficient (Wildman–Crippen LogP) is 19.7. The summed E-state index contributed by atoms with van der Waals surface area (Å²) in [5, 5.41) is 0. The summed E-state index contributed by atoms with van der Waals surface area (Å²) >= 11 is 0. The van der Waals surface area contributed by atoms with Crippen LogP contribution in [0.25, 0.3) is 0 Å². The lowest BCUT2D eigenvalue weighted by molar-refractivity contribution is -0.161. The number of hydrogen-bond acceptors (Lipinski definition) is 8. The molecule has 2 unspecified atom stereocenters. The zero-order valence-electron chi connectivity index (χ0n) is 47.9. The predicted molar refractivity (Wildman–Crippen MR) is 312 cm³/mol. The Balaban J connectivity index is 3.85. The number of nitrogens with two attached hydrogens (primary N) is 1. The number of carbonyl (C=O) groups is 2. The van der Waals surface area contributed by atoms with Gasteiger partial charge in [-0.1, -0.05) is 294 Å². The van der Waals surface area contributed by atoms with Gasteiger partial charge < -0.3 is 20.1 Å². The van der Waals surface area contributed by atoms with E-state index < -0.39 is 26.5 Å². The summed E-state index contributed by atoms with van der Waals surface area (Å²) in [7, 11) is -4.38. The molecule has 0 aliphatic carbocycles. The maximum absolute atomic E-state index is 12.7. The van der Waals surface area contributed by atoms with E-state index in [9.17, 15) is 19.0 Å². The van der Waals surface area contributed by atoms with E-state index in [1.165, 1.54) is 218 Å². The molecule has 0 rings (SSSR count). The molecule has 0 fully saturated rings. The average molecular weight is 1050 g/mol. The minimum Gasteiger partial charge on any atom is -0.462 e. The van der Waals surface area contributed by atoms with Gasteiger partial charge in [-0.3, -0.25) is 18.6 Å². The van der Waals surface area contributed by atoms with Crippen molar-refractivity contribution in [3.8, 4) is 0 Å². The zero-order chi connectivity index (χ0) is 53.1. The number of phosphoric acid groups is 1. The SMILES string of the molecule is CC/C=C\C/C=C\C/C=C\C/C=C\CCCCCCCCCCCCCCCCCCCCCCC(=O)OC(COC(=O)CCCCCCCCCCCCCCCCCCCCC)COP(=O)(O)OCCN. The first kappa shape index (κ1) is 71.0. The smallest absolute Gasteiger partial charge is 0.462 e. The molecule has 10 heteroatoms. The summed E-state index contributed by atoms with van der Waals surface area (Å²) in [5.74, 6) is -0.809. The summed E-state index contributed by atoms with van der Waals surface area (Å²) in [6, 6.07) is 0. The van der Waals surface area contributed by atoms with Gasteiger partial charge in [0.05, 0.1) is 13.2 Å². The normalized spacial score (nSPS) is 13.3. The van der Waals surface area contributed by atoms with E-state index in [0.29, 0.717) is 6.42 Å². The zero-order valence-corrected chi connectivity index (χ0v) is 48.8. The monoisotopic (exact) mass is 1050 g/mol. The van der Waals surface area contributed by atoms with Gasteiger partial charge in [-0.15, -0.1) is 0 Å². The van der Waals surface area contributed by atoms with Crippen molar-refractivity contribution < 1.29 is 37.6 Å². The van der Waals surface area contributed by atoms with Crippen LogP contribution in [0, 0.1) is 0 Å². The van der Waals surface area contributed by atoms with Crippen LogP contribution in [0.3, 0.4) is 0 Å². The molecular formula is C63H118NO8P. The van der Waals surface area contributed by atoms with Crippen LogP contribution in [-0.4, -0.2) is 49.3 Å². The third-order valence-electron chi connectivity index (χ3n) is 13.7. The molecule has 0 amide bonds. The number of carbonyl (C=O) groups excluding carboxylic acids is 2. The number of esters is 2. The summed E-state index contributed by atoms with van der Waals surface area (Å²) in [6.07, 6.45) is 73.3. The molecule has 0 saturated carbocycles. The Morgan fingerprint density at radius 1 is 0.425 bits per heavy atom. The highest BCUT2D eigenvalue weighted by molar-refractivity contribution is 7.47. The molecule has 73 heavy (non-hydrogen) atoms. The molecular weight excluding hydrogens is 930 g/mol. The van der Waals surface area contributed by atoms with Crippen LogP contribution < -0.4 is 5.73 Å². The second-order valence-corrected chi connectivity index (χ2v) is 22.4. The Bertz CT molecular complexity index is 1330.